The van der Waals surface area contributed by atoms with Crippen LogP contribution in [0.4, 0.5) is 20.2 Å². The summed E-state index contributed by atoms with van der Waals surface area (Å²) in [5.74, 6) is -0.538. The van der Waals surface area contributed by atoms with Crippen LogP contribution in [-0.4, -0.2) is 61.0 Å². The zero-order valence-corrected chi connectivity index (χ0v) is 21.6. The van der Waals surface area contributed by atoms with Crippen molar-refractivity contribution in [2.75, 3.05) is 44.7 Å². The quantitative estimate of drug-likeness (QED) is 0.337. The van der Waals surface area contributed by atoms with Gasteiger partial charge < -0.3 is 19.9 Å². The Morgan fingerprint density at radius 1 is 1.10 bits per heavy atom. The predicted octanol–water partition coefficient (Wildman–Crippen LogP) is 5.66. The van der Waals surface area contributed by atoms with Crippen LogP contribution in [0.3, 0.4) is 0 Å². The van der Waals surface area contributed by atoms with E-state index in [0.717, 1.165) is 56.0 Å². The molecule has 4 heterocycles. The van der Waals surface area contributed by atoms with Crippen LogP contribution >= 0.6 is 0 Å². The normalized spacial score (nSPS) is 20.9. The number of H-pyrrole nitrogens is 1. The standard InChI is InChI=1S/C30H28F2N6O/c1-33-25-14-26-21(13-20(25)29-22(31)10-18(11-23(29)32)24-4-3-7-34-24)30(36-35-26)17-5-6-27-28(12-17)39-16-19-15-37(2)8-9-38(19)27/h5-6,10-14,19,24,34H,3-4,7-9,15-16H2,2H3,(H,35,36). The Balaban J connectivity index is 1.30. The van der Waals surface area contributed by atoms with Crippen molar-refractivity contribution < 1.29 is 13.5 Å². The summed E-state index contributed by atoms with van der Waals surface area (Å²) in [5.41, 5.74) is 3.96. The number of aromatic amines is 1. The summed E-state index contributed by atoms with van der Waals surface area (Å²) in [4.78, 5) is 8.31. The lowest BCUT2D eigenvalue weighted by Gasteiger charge is -2.44. The predicted molar refractivity (Wildman–Crippen MR) is 147 cm³/mol. The van der Waals surface area contributed by atoms with Gasteiger partial charge in [0.15, 0.2) is 5.69 Å². The van der Waals surface area contributed by atoms with Crippen molar-refractivity contribution in [3.05, 3.63) is 71.1 Å². The maximum Gasteiger partial charge on any atom is 0.197 e. The topological polar surface area (TPSA) is 60.8 Å². The van der Waals surface area contributed by atoms with Crippen LogP contribution < -0.4 is 15.0 Å². The summed E-state index contributed by atoms with van der Waals surface area (Å²) in [6.45, 7) is 12.1. The Hall–Kier alpha value is -4.00. The second-order valence-electron chi connectivity index (χ2n) is 10.7. The van der Waals surface area contributed by atoms with Crippen LogP contribution in [0.15, 0.2) is 42.5 Å². The summed E-state index contributed by atoms with van der Waals surface area (Å²) in [7, 11) is 2.13. The monoisotopic (exact) mass is 526 g/mol. The highest BCUT2D eigenvalue weighted by Gasteiger charge is 2.32. The van der Waals surface area contributed by atoms with Crippen molar-refractivity contribution >= 4 is 22.3 Å². The molecule has 7 nitrogen and oxygen atoms in total. The molecule has 198 valence electrons. The number of ether oxygens (including phenoxy) is 1. The fraction of sp³-hybridized carbons (Fsp3) is 0.333. The van der Waals surface area contributed by atoms with E-state index in [1.54, 1.807) is 12.1 Å². The van der Waals surface area contributed by atoms with E-state index >= 15 is 8.78 Å². The summed E-state index contributed by atoms with van der Waals surface area (Å²) < 4.78 is 37.0. The summed E-state index contributed by atoms with van der Waals surface area (Å²) in [6.07, 6.45) is 1.82. The first kappa shape index (κ1) is 24.1. The lowest BCUT2D eigenvalue weighted by atomic mass is 9.95. The fourth-order valence-corrected chi connectivity index (χ4v) is 6.26. The van der Waals surface area contributed by atoms with Crippen LogP contribution in [0.5, 0.6) is 5.75 Å². The SMILES string of the molecule is [C-]#[N+]c1cc2[nH]nc(-c3ccc4c(c3)OCC3CN(C)CCN43)c2cc1-c1c(F)cc(C2CCCN2)cc1F. The summed E-state index contributed by atoms with van der Waals surface area (Å²) in [5, 5.41) is 11.5. The van der Waals surface area contributed by atoms with Crippen LogP contribution in [-0.2, 0) is 0 Å². The lowest BCUT2D eigenvalue weighted by molar-refractivity contribution is 0.188. The number of rotatable bonds is 3. The molecule has 2 N–H and O–H groups in total. The number of anilines is 1. The Morgan fingerprint density at radius 2 is 1.95 bits per heavy atom. The van der Waals surface area contributed by atoms with E-state index in [1.807, 2.05) is 12.1 Å². The Kier molecular flexibility index (Phi) is 5.76. The minimum Gasteiger partial charge on any atom is -0.489 e. The van der Waals surface area contributed by atoms with E-state index in [2.05, 4.69) is 43.3 Å². The van der Waals surface area contributed by atoms with Crippen molar-refractivity contribution in [2.45, 2.75) is 24.9 Å². The van der Waals surface area contributed by atoms with Gasteiger partial charge in [0.25, 0.3) is 0 Å². The molecule has 2 atom stereocenters. The molecule has 2 saturated heterocycles. The smallest absolute Gasteiger partial charge is 0.197 e. The average molecular weight is 527 g/mol. The third-order valence-corrected chi connectivity index (χ3v) is 8.26. The lowest BCUT2D eigenvalue weighted by Crippen LogP contribution is -2.56. The zero-order valence-electron chi connectivity index (χ0n) is 21.6. The first-order chi connectivity index (χ1) is 19.0. The van der Waals surface area contributed by atoms with Gasteiger partial charge in [-0.3, -0.25) is 5.10 Å². The van der Waals surface area contributed by atoms with Crippen molar-refractivity contribution in [1.29, 1.82) is 0 Å². The number of nitrogens with one attached hydrogen (secondary N) is 2. The molecule has 39 heavy (non-hydrogen) atoms. The van der Waals surface area contributed by atoms with E-state index in [1.165, 1.54) is 12.1 Å². The Morgan fingerprint density at radius 3 is 2.72 bits per heavy atom. The molecular formula is C30H28F2N6O. The molecule has 2 unspecified atom stereocenters. The number of hydrogen-bond acceptors (Lipinski definition) is 5. The molecule has 7 rings (SSSR count). The molecule has 0 saturated carbocycles. The number of hydrogen-bond donors (Lipinski definition) is 2. The molecule has 0 amide bonds. The number of nitrogens with zero attached hydrogens (tertiary/aromatic N) is 4. The molecule has 4 aromatic rings. The van der Waals surface area contributed by atoms with Crippen LogP contribution in [0.2, 0.25) is 0 Å². The Labute approximate surface area is 225 Å². The second kappa shape index (κ2) is 9.33. The van der Waals surface area contributed by atoms with Gasteiger partial charge in [0.2, 0.25) is 0 Å². The number of likely N-dealkylation sites (N-methyl/N-ethyl adjacent to an activating group) is 1. The highest BCUT2D eigenvalue weighted by atomic mass is 19.1. The Bertz CT molecular complexity index is 1610. The van der Waals surface area contributed by atoms with Crippen LogP contribution in [0.1, 0.15) is 24.4 Å². The number of piperazine rings is 1. The van der Waals surface area contributed by atoms with Crippen LogP contribution in [0.25, 0.3) is 38.1 Å². The highest BCUT2D eigenvalue weighted by Crippen LogP contribution is 2.43. The molecule has 1 aromatic heterocycles. The number of halogens is 2. The first-order valence-corrected chi connectivity index (χ1v) is 13.3. The molecule has 0 aliphatic carbocycles. The molecule has 3 aromatic carbocycles. The van der Waals surface area contributed by atoms with Gasteiger partial charge in [-0.15, -0.1) is 0 Å². The molecule has 3 aliphatic heterocycles. The van der Waals surface area contributed by atoms with Gasteiger partial charge in [0.1, 0.15) is 24.0 Å². The first-order valence-electron chi connectivity index (χ1n) is 13.3. The average Bonchev–Trinajstić information content (AvgIpc) is 3.62. The molecule has 0 bridgehead atoms. The van der Waals surface area contributed by atoms with Gasteiger partial charge in [0, 0.05) is 42.2 Å². The molecule has 9 heteroatoms. The zero-order chi connectivity index (χ0) is 26.7. The summed E-state index contributed by atoms with van der Waals surface area (Å²) >= 11 is 0. The van der Waals surface area contributed by atoms with Gasteiger partial charge in [-0.25, -0.2) is 13.6 Å². The highest BCUT2D eigenvalue weighted by molar-refractivity contribution is 6.00. The second-order valence-corrected chi connectivity index (χ2v) is 10.7. The summed E-state index contributed by atoms with van der Waals surface area (Å²) in [6, 6.07) is 12.4. The molecule has 2 fully saturated rings. The van der Waals surface area contributed by atoms with E-state index in [9.17, 15) is 0 Å². The molecular weight excluding hydrogens is 498 g/mol. The van der Waals surface area contributed by atoms with Gasteiger partial charge in [0.05, 0.1) is 29.5 Å². The molecule has 3 aliphatic rings. The molecule has 0 radical (unpaired) electrons. The van der Waals surface area contributed by atoms with Crippen molar-refractivity contribution in [1.82, 2.24) is 20.4 Å². The molecule has 0 spiro atoms. The van der Waals surface area contributed by atoms with Crippen LogP contribution in [0, 0.1) is 18.2 Å². The third kappa shape index (κ3) is 4.03. The number of fused-ring (bicyclic) bond motifs is 4. The number of benzene rings is 3. The van der Waals surface area contributed by atoms with Crippen molar-refractivity contribution in [2.24, 2.45) is 0 Å². The van der Waals surface area contributed by atoms with Gasteiger partial charge >= 0.3 is 0 Å². The van der Waals surface area contributed by atoms with Gasteiger partial charge in [-0.05, 0) is 67.9 Å². The van der Waals surface area contributed by atoms with Gasteiger partial charge in [-0.1, -0.05) is 12.1 Å². The van der Waals surface area contributed by atoms with E-state index in [4.69, 9.17) is 11.3 Å². The van der Waals surface area contributed by atoms with E-state index < -0.39 is 11.6 Å². The maximum atomic E-state index is 15.4. The van der Waals surface area contributed by atoms with E-state index in [-0.39, 0.29) is 22.9 Å². The maximum absolute atomic E-state index is 15.4. The number of aromatic nitrogens is 2. The van der Waals surface area contributed by atoms with Crippen molar-refractivity contribution in [3.63, 3.8) is 0 Å². The minimum absolute atomic E-state index is 0.0568. The van der Waals surface area contributed by atoms with E-state index in [0.29, 0.717) is 34.8 Å². The minimum atomic E-state index is -0.670. The fourth-order valence-electron chi connectivity index (χ4n) is 6.26. The largest absolute Gasteiger partial charge is 0.489 e. The third-order valence-electron chi connectivity index (χ3n) is 8.26. The van der Waals surface area contributed by atoms with Gasteiger partial charge in [-0.2, -0.15) is 5.10 Å². The van der Waals surface area contributed by atoms with Crippen molar-refractivity contribution in [3.8, 4) is 28.1 Å².